The standard InChI is InChI=1S/C17H12BrCl2NO4/c1-9-6-11-15(12(18)7-9)21(17(23)25-16(11)22)4-5-24-14-8-10(19)2-3-13(14)20/h2-3,6-8H,4-5H2,1H3. The van der Waals surface area contributed by atoms with Gasteiger partial charge in [0, 0.05) is 15.6 Å². The van der Waals surface area contributed by atoms with Crippen molar-refractivity contribution in [2.75, 3.05) is 6.61 Å². The number of ether oxygens (including phenoxy) is 1. The van der Waals surface area contributed by atoms with Gasteiger partial charge in [-0.2, -0.15) is 0 Å². The summed E-state index contributed by atoms with van der Waals surface area (Å²) in [5.41, 5.74) is 0.672. The van der Waals surface area contributed by atoms with Gasteiger partial charge in [-0.1, -0.05) is 23.2 Å². The van der Waals surface area contributed by atoms with Crippen LogP contribution >= 0.6 is 39.1 Å². The first-order valence-corrected chi connectivity index (χ1v) is 8.83. The Hall–Kier alpha value is -1.76. The molecule has 1 heterocycles. The van der Waals surface area contributed by atoms with Crippen LogP contribution in [0.4, 0.5) is 0 Å². The molecule has 0 fully saturated rings. The van der Waals surface area contributed by atoms with Gasteiger partial charge in [0.25, 0.3) is 0 Å². The van der Waals surface area contributed by atoms with Crippen molar-refractivity contribution in [1.29, 1.82) is 0 Å². The van der Waals surface area contributed by atoms with Crippen molar-refractivity contribution in [3.05, 3.63) is 71.4 Å². The SMILES string of the molecule is Cc1cc(Br)c2c(c1)c(=O)oc(=O)n2CCOc1cc(Cl)ccc1Cl. The molecule has 0 bridgehead atoms. The predicted octanol–water partition coefficient (Wildman–Crippen LogP) is 4.41. The van der Waals surface area contributed by atoms with Crippen molar-refractivity contribution in [3.8, 4) is 5.75 Å². The number of rotatable bonds is 4. The maximum Gasteiger partial charge on any atom is 0.422 e. The van der Waals surface area contributed by atoms with E-state index in [2.05, 4.69) is 15.9 Å². The van der Waals surface area contributed by atoms with E-state index in [1.807, 2.05) is 13.0 Å². The molecule has 0 aliphatic heterocycles. The van der Waals surface area contributed by atoms with Crippen LogP contribution in [0.5, 0.6) is 5.75 Å². The summed E-state index contributed by atoms with van der Waals surface area (Å²) < 4.78 is 12.4. The summed E-state index contributed by atoms with van der Waals surface area (Å²) in [6.45, 7) is 2.16. The Kier molecular flexibility index (Phi) is 5.22. The smallest absolute Gasteiger partial charge is 0.422 e. The molecule has 0 amide bonds. The average molecular weight is 445 g/mol. The Balaban J connectivity index is 1.95. The molecular weight excluding hydrogens is 433 g/mol. The largest absolute Gasteiger partial charge is 0.490 e. The van der Waals surface area contributed by atoms with Crippen LogP contribution in [0.15, 0.2) is 48.8 Å². The molecule has 0 unspecified atom stereocenters. The zero-order valence-electron chi connectivity index (χ0n) is 13.0. The van der Waals surface area contributed by atoms with Crippen LogP contribution < -0.4 is 16.1 Å². The lowest BCUT2D eigenvalue weighted by Crippen LogP contribution is -2.27. The van der Waals surface area contributed by atoms with Gasteiger partial charge < -0.3 is 9.15 Å². The molecule has 130 valence electrons. The van der Waals surface area contributed by atoms with Gasteiger partial charge in [-0.05, 0) is 52.7 Å². The van der Waals surface area contributed by atoms with Crippen LogP contribution in [-0.4, -0.2) is 11.2 Å². The van der Waals surface area contributed by atoms with Crippen LogP contribution in [0.3, 0.4) is 0 Å². The van der Waals surface area contributed by atoms with Gasteiger partial charge in [0.15, 0.2) is 0 Å². The average Bonchev–Trinajstić information content (AvgIpc) is 2.54. The summed E-state index contributed by atoms with van der Waals surface area (Å²) >= 11 is 15.4. The highest BCUT2D eigenvalue weighted by atomic mass is 79.9. The van der Waals surface area contributed by atoms with Gasteiger partial charge in [-0.3, -0.25) is 4.57 Å². The Morgan fingerprint density at radius 1 is 1.20 bits per heavy atom. The van der Waals surface area contributed by atoms with Crippen LogP contribution in [0.25, 0.3) is 10.9 Å². The van der Waals surface area contributed by atoms with E-state index >= 15 is 0 Å². The summed E-state index contributed by atoms with van der Waals surface area (Å²) in [4.78, 5) is 24.1. The lowest BCUT2D eigenvalue weighted by Gasteiger charge is -2.12. The fourth-order valence-corrected chi connectivity index (χ4v) is 3.61. The lowest BCUT2D eigenvalue weighted by molar-refractivity contribution is 0.287. The van der Waals surface area contributed by atoms with Crippen molar-refractivity contribution in [2.45, 2.75) is 13.5 Å². The van der Waals surface area contributed by atoms with E-state index in [0.717, 1.165) is 5.56 Å². The first-order valence-electron chi connectivity index (χ1n) is 7.28. The molecule has 0 N–H and O–H groups in total. The third-order valence-corrected chi connectivity index (χ3v) is 4.72. The van der Waals surface area contributed by atoms with Crippen molar-refractivity contribution < 1.29 is 9.15 Å². The van der Waals surface area contributed by atoms with E-state index < -0.39 is 11.4 Å². The molecule has 3 aromatic rings. The minimum atomic E-state index is -0.747. The van der Waals surface area contributed by atoms with Crippen LogP contribution in [0.2, 0.25) is 10.0 Å². The highest BCUT2D eigenvalue weighted by Crippen LogP contribution is 2.28. The molecule has 0 spiro atoms. The maximum absolute atomic E-state index is 12.1. The fourth-order valence-electron chi connectivity index (χ4n) is 2.48. The van der Waals surface area contributed by atoms with E-state index in [1.54, 1.807) is 24.3 Å². The van der Waals surface area contributed by atoms with Crippen molar-refractivity contribution in [1.82, 2.24) is 4.57 Å². The van der Waals surface area contributed by atoms with E-state index in [0.29, 0.717) is 31.2 Å². The number of aryl methyl sites for hydroxylation is 1. The normalized spacial score (nSPS) is 11.0. The molecule has 0 saturated heterocycles. The molecule has 8 heteroatoms. The first kappa shape index (κ1) is 18.0. The minimum Gasteiger partial charge on any atom is -0.490 e. The molecule has 0 saturated carbocycles. The number of hydrogen-bond donors (Lipinski definition) is 0. The van der Waals surface area contributed by atoms with Crippen LogP contribution in [-0.2, 0) is 6.54 Å². The third-order valence-electron chi connectivity index (χ3n) is 3.56. The van der Waals surface area contributed by atoms with E-state index in [1.165, 1.54) is 4.57 Å². The van der Waals surface area contributed by atoms with Crippen molar-refractivity contribution in [3.63, 3.8) is 0 Å². The molecular formula is C17H12BrCl2NO4. The molecule has 3 rings (SSSR count). The van der Waals surface area contributed by atoms with Gasteiger partial charge in [-0.15, -0.1) is 0 Å². The lowest BCUT2D eigenvalue weighted by atomic mass is 10.2. The quantitative estimate of drug-likeness (QED) is 0.597. The fraction of sp³-hybridized carbons (Fsp3) is 0.176. The monoisotopic (exact) mass is 443 g/mol. The predicted molar refractivity (Wildman–Crippen MR) is 101 cm³/mol. The van der Waals surface area contributed by atoms with E-state index in [9.17, 15) is 9.59 Å². The Morgan fingerprint density at radius 2 is 1.96 bits per heavy atom. The summed E-state index contributed by atoms with van der Waals surface area (Å²) in [6.07, 6.45) is 0. The Labute approximate surface area is 160 Å². The molecule has 5 nitrogen and oxygen atoms in total. The molecule has 0 atom stereocenters. The molecule has 0 aliphatic carbocycles. The summed E-state index contributed by atoms with van der Waals surface area (Å²) in [6, 6.07) is 8.37. The van der Waals surface area contributed by atoms with Crippen LogP contribution in [0.1, 0.15) is 5.56 Å². The van der Waals surface area contributed by atoms with E-state index in [-0.39, 0.29) is 13.2 Å². The molecule has 1 aromatic heterocycles. The Morgan fingerprint density at radius 3 is 2.72 bits per heavy atom. The van der Waals surface area contributed by atoms with Crippen LogP contribution in [0, 0.1) is 6.92 Å². The topological polar surface area (TPSA) is 61.4 Å². The summed E-state index contributed by atoms with van der Waals surface area (Å²) in [7, 11) is 0. The number of nitrogens with zero attached hydrogens (tertiary/aromatic N) is 1. The first-order chi connectivity index (χ1) is 11.9. The maximum atomic E-state index is 12.1. The zero-order chi connectivity index (χ0) is 18.1. The highest BCUT2D eigenvalue weighted by Gasteiger charge is 2.13. The highest BCUT2D eigenvalue weighted by molar-refractivity contribution is 9.10. The number of hydrogen-bond acceptors (Lipinski definition) is 4. The van der Waals surface area contributed by atoms with Gasteiger partial charge in [0.2, 0.25) is 0 Å². The second-order valence-corrected chi connectivity index (χ2v) is 7.07. The molecule has 2 aromatic carbocycles. The van der Waals surface area contributed by atoms with Gasteiger partial charge in [0.1, 0.15) is 12.4 Å². The third kappa shape index (κ3) is 3.76. The Bertz CT molecular complexity index is 1070. The number of aromatic nitrogens is 1. The molecule has 0 radical (unpaired) electrons. The van der Waals surface area contributed by atoms with Gasteiger partial charge in [-0.25, -0.2) is 9.59 Å². The summed E-state index contributed by atoms with van der Waals surface area (Å²) in [5.74, 6) is -0.332. The molecule has 25 heavy (non-hydrogen) atoms. The van der Waals surface area contributed by atoms with Gasteiger partial charge >= 0.3 is 11.4 Å². The van der Waals surface area contributed by atoms with Crippen molar-refractivity contribution >= 4 is 50.0 Å². The van der Waals surface area contributed by atoms with Gasteiger partial charge in [0.05, 0.1) is 22.5 Å². The number of benzene rings is 2. The molecule has 0 aliphatic rings. The zero-order valence-corrected chi connectivity index (χ0v) is 16.1. The second kappa shape index (κ2) is 7.23. The number of halogens is 3. The van der Waals surface area contributed by atoms with Crippen molar-refractivity contribution in [2.24, 2.45) is 0 Å². The van der Waals surface area contributed by atoms with E-state index in [4.69, 9.17) is 32.4 Å². The second-order valence-electron chi connectivity index (χ2n) is 5.37. The number of fused-ring (bicyclic) bond motifs is 1. The summed E-state index contributed by atoms with van der Waals surface area (Å²) in [5, 5.41) is 1.23. The minimum absolute atomic E-state index is 0.142.